The molecule has 0 atom stereocenters. The summed E-state index contributed by atoms with van der Waals surface area (Å²) in [7, 11) is 3.34. The van der Waals surface area contributed by atoms with Gasteiger partial charge in [0.05, 0.1) is 21.8 Å². The molecule has 0 spiro atoms. The second kappa shape index (κ2) is 9.01. The Kier molecular flexibility index (Phi) is 7.01. The van der Waals surface area contributed by atoms with Crippen LogP contribution in [-0.2, 0) is 4.79 Å². The molecule has 134 valence electrons. The number of halogens is 1. The van der Waals surface area contributed by atoms with E-state index < -0.39 is 0 Å². The largest absolute Gasteiger partial charge is 0.492 e. The molecule has 2 amide bonds. The van der Waals surface area contributed by atoms with Gasteiger partial charge in [-0.3, -0.25) is 9.59 Å². The predicted molar refractivity (Wildman–Crippen MR) is 103 cm³/mol. The van der Waals surface area contributed by atoms with Crippen molar-refractivity contribution in [1.29, 1.82) is 0 Å². The van der Waals surface area contributed by atoms with E-state index in [1.54, 1.807) is 25.1 Å². The molecule has 7 heteroatoms. The van der Waals surface area contributed by atoms with Crippen LogP contribution >= 0.6 is 27.3 Å². The van der Waals surface area contributed by atoms with Crippen molar-refractivity contribution in [2.24, 2.45) is 0 Å². The first kappa shape index (κ1) is 19.5. The number of aryl methyl sites for hydroxylation is 1. The average Bonchev–Trinajstić information content (AvgIpc) is 3.02. The van der Waals surface area contributed by atoms with Gasteiger partial charge in [-0.1, -0.05) is 17.7 Å². The summed E-state index contributed by atoms with van der Waals surface area (Å²) in [5.41, 5.74) is 1.17. The van der Waals surface area contributed by atoms with Crippen LogP contribution in [0.3, 0.4) is 0 Å². The molecule has 0 aliphatic heterocycles. The summed E-state index contributed by atoms with van der Waals surface area (Å²) in [5, 5.41) is 0. The van der Waals surface area contributed by atoms with E-state index in [9.17, 15) is 9.59 Å². The Morgan fingerprint density at radius 3 is 2.36 bits per heavy atom. The highest BCUT2D eigenvalue weighted by molar-refractivity contribution is 9.11. The molecule has 5 nitrogen and oxygen atoms in total. The normalized spacial score (nSPS) is 10.4. The van der Waals surface area contributed by atoms with Gasteiger partial charge >= 0.3 is 0 Å². The van der Waals surface area contributed by atoms with Crippen LogP contribution in [0.25, 0.3) is 0 Å². The molecule has 1 aromatic carbocycles. The minimum atomic E-state index is -0.159. The Morgan fingerprint density at radius 2 is 1.76 bits per heavy atom. The number of carbonyl (C=O) groups excluding carboxylic acids is 2. The molecule has 25 heavy (non-hydrogen) atoms. The van der Waals surface area contributed by atoms with Gasteiger partial charge in [0, 0.05) is 14.1 Å². The van der Waals surface area contributed by atoms with E-state index in [0.29, 0.717) is 18.0 Å². The van der Waals surface area contributed by atoms with Gasteiger partial charge in [-0.05, 0) is 47.1 Å². The van der Waals surface area contributed by atoms with E-state index in [-0.39, 0.29) is 18.4 Å². The number of nitrogens with zero attached hydrogens (tertiary/aromatic N) is 2. The average molecular weight is 425 g/mol. The van der Waals surface area contributed by atoms with Crippen LogP contribution in [0.4, 0.5) is 0 Å². The van der Waals surface area contributed by atoms with Crippen molar-refractivity contribution in [2.45, 2.75) is 6.92 Å². The van der Waals surface area contributed by atoms with Crippen molar-refractivity contribution in [3.05, 3.63) is 50.6 Å². The fourth-order valence-electron chi connectivity index (χ4n) is 2.07. The monoisotopic (exact) mass is 424 g/mol. The van der Waals surface area contributed by atoms with Crippen LogP contribution in [0.2, 0.25) is 0 Å². The van der Waals surface area contributed by atoms with E-state index >= 15 is 0 Å². The summed E-state index contributed by atoms with van der Waals surface area (Å²) in [6.45, 7) is 2.92. The van der Waals surface area contributed by atoms with E-state index in [1.165, 1.54) is 21.8 Å². The third-order valence-corrected chi connectivity index (χ3v) is 5.26. The zero-order valence-corrected chi connectivity index (χ0v) is 16.9. The molecule has 0 fully saturated rings. The summed E-state index contributed by atoms with van der Waals surface area (Å²) in [6, 6.07) is 11.3. The second-order valence-electron chi connectivity index (χ2n) is 5.74. The number of ether oxygens (including phenoxy) is 1. The van der Waals surface area contributed by atoms with Crippen LogP contribution < -0.4 is 4.74 Å². The summed E-state index contributed by atoms with van der Waals surface area (Å²) < 4.78 is 6.52. The van der Waals surface area contributed by atoms with E-state index in [0.717, 1.165) is 9.54 Å². The Morgan fingerprint density at radius 1 is 1.08 bits per heavy atom. The number of hydrogen-bond donors (Lipinski definition) is 0. The molecular weight excluding hydrogens is 404 g/mol. The Hall–Kier alpha value is -1.86. The number of thiophene rings is 1. The first-order valence-electron chi connectivity index (χ1n) is 7.81. The lowest BCUT2D eigenvalue weighted by Crippen LogP contribution is -2.40. The lowest BCUT2D eigenvalue weighted by Gasteiger charge is -2.22. The quantitative estimate of drug-likeness (QED) is 0.683. The van der Waals surface area contributed by atoms with E-state index in [2.05, 4.69) is 15.9 Å². The Bertz CT molecular complexity index is 730. The standard InChI is InChI=1S/C18H21BrN2O3S/c1-13-4-6-14(7-5-13)24-11-10-20(2)17(22)12-21(3)18(23)15-8-9-16(19)25-15/h4-9H,10-12H2,1-3H3. The lowest BCUT2D eigenvalue weighted by molar-refractivity contribution is -0.130. The van der Waals surface area contributed by atoms with Crippen LogP contribution in [0, 0.1) is 6.92 Å². The number of amides is 2. The SMILES string of the molecule is Cc1ccc(OCCN(C)C(=O)CN(C)C(=O)c2ccc(Br)s2)cc1. The summed E-state index contributed by atoms with van der Waals surface area (Å²) in [5.74, 6) is 0.495. The van der Waals surface area contributed by atoms with Crippen molar-refractivity contribution >= 4 is 39.1 Å². The van der Waals surface area contributed by atoms with Crippen molar-refractivity contribution in [1.82, 2.24) is 9.80 Å². The molecule has 2 rings (SSSR count). The van der Waals surface area contributed by atoms with Crippen LogP contribution in [-0.4, -0.2) is 55.4 Å². The number of rotatable bonds is 7. The topological polar surface area (TPSA) is 49.9 Å². The summed E-state index contributed by atoms with van der Waals surface area (Å²) in [4.78, 5) is 28.1. The maximum Gasteiger partial charge on any atom is 0.264 e. The van der Waals surface area contributed by atoms with Crippen LogP contribution in [0.5, 0.6) is 5.75 Å². The van der Waals surface area contributed by atoms with Crippen molar-refractivity contribution in [2.75, 3.05) is 33.8 Å². The van der Waals surface area contributed by atoms with Gasteiger partial charge in [0.1, 0.15) is 12.4 Å². The molecule has 0 saturated heterocycles. The smallest absolute Gasteiger partial charge is 0.264 e. The van der Waals surface area contributed by atoms with Gasteiger partial charge in [0.25, 0.3) is 5.91 Å². The van der Waals surface area contributed by atoms with Gasteiger partial charge in [-0.2, -0.15) is 0 Å². The minimum Gasteiger partial charge on any atom is -0.492 e. The minimum absolute atomic E-state index is 0.0371. The Labute approximate surface area is 160 Å². The van der Waals surface area contributed by atoms with E-state index in [4.69, 9.17) is 4.74 Å². The first-order chi connectivity index (χ1) is 11.9. The number of hydrogen-bond acceptors (Lipinski definition) is 4. The summed E-state index contributed by atoms with van der Waals surface area (Å²) in [6.07, 6.45) is 0. The zero-order valence-electron chi connectivity index (χ0n) is 14.5. The third-order valence-electron chi connectivity index (χ3n) is 3.65. The maximum atomic E-state index is 12.3. The van der Waals surface area contributed by atoms with Crippen molar-refractivity contribution in [3.63, 3.8) is 0 Å². The zero-order chi connectivity index (χ0) is 18.4. The molecule has 0 N–H and O–H groups in total. The molecule has 0 bridgehead atoms. The van der Waals surface area contributed by atoms with Crippen molar-refractivity contribution in [3.8, 4) is 5.75 Å². The number of carbonyl (C=O) groups is 2. The number of likely N-dealkylation sites (N-methyl/N-ethyl adjacent to an activating group) is 2. The number of benzene rings is 1. The molecule has 1 heterocycles. The van der Waals surface area contributed by atoms with Crippen LogP contribution in [0.1, 0.15) is 15.2 Å². The van der Waals surface area contributed by atoms with E-state index in [1.807, 2.05) is 37.3 Å². The second-order valence-corrected chi connectivity index (χ2v) is 8.20. The Balaban J connectivity index is 1.77. The molecule has 0 aliphatic carbocycles. The highest BCUT2D eigenvalue weighted by Gasteiger charge is 2.18. The fraction of sp³-hybridized carbons (Fsp3) is 0.333. The van der Waals surface area contributed by atoms with Crippen molar-refractivity contribution < 1.29 is 14.3 Å². The van der Waals surface area contributed by atoms with Gasteiger partial charge in [-0.15, -0.1) is 11.3 Å². The molecule has 2 aromatic rings. The first-order valence-corrected chi connectivity index (χ1v) is 9.42. The van der Waals surface area contributed by atoms with Gasteiger partial charge in [-0.25, -0.2) is 0 Å². The molecule has 0 aliphatic rings. The highest BCUT2D eigenvalue weighted by Crippen LogP contribution is 2.23. The van der Waals surface area contributed by atoms with Gasteiger partial charge < -0.3 is 14.5 Å². The molecule has 1 aromatic heterocycles. The summed E-state index contributed by atoms with van der Waals surface area (Å²) >= 11 is 4.69. The maximum absolute atomic E-state index is 12.3. The van der Waals surface area contributed by atoms with Gasteiger partial charge in [0.2, 0.25) is 5.91 Å². The molecule has 0 saturated carbocycles. The molecule has 0 radical (unpaired) electrons. The van der Waals surface area contributed by atoms with Crippen LogP contribution in [0.15, 0.2) is 40.2 Å². The van der Waals surface area contributed by atoms with Gasteiger partial charge in [0.15, 0.2) is 0 Å². The predicted octanol–water partition coefficient (Wildman–Crippen LogP) is 3.43. The molecule has 0 unspecified atom stereocenters. The third kappa shape index (κ3) is 5.86. The molecular formula is C18H21BrN2O3S. The lowest BCUT2D eigenvalue weighted by atomic mass is 10.2. The highest BCUT2D eigenvalue weighted by atomic mass is 79.9. The fourth-order valence-corrected chi connectivity index (χ4v) is 3.45.